The van der Waals surface area contributed by atoms with Crippen LogP contribution >= 0.6 is 0 Å². The molecule has 0 radical (unpaired) electrons. The molecule has 1 saturated carbocycles. The average molecular weight is 355 g/mol. The maximum atomic E-state index is 13.2. The molecule has 0 saturated heterocycles. The third-order valence-electron chi connectivity index (χ3n) is 4.56. The van der Waals surface area contributed by atoms with Gasteiger partial charge in [0, 0.05) is 25.2 Å². The molecule has 24 heavy (non-hydrogen) atoms. The number of nitrogens with zero attached hydrogens (tertiary/aromatic N) is 2. The lowest BCUT2D eigenvalue weighted by Crippen LogP contribution is -2.35. The minimum absolute atomic E-state index is 0.258. The average Bonchev–Trinajstić information content (AvgIpc) is 2.95. The number of oxazole rings is 1. The van der Waals surface area contributed by atoms with Crippen LogP contribution in [0.2, 0.25) is 0 Å². The Hall–Kier alpha value is -1.51. The van der Waals surface area contributed by atoms with Gasteiger partial charge < -0.3 is 9.73 Å². The van der Waals surface area contributed by atoms with Crippen molar-refractivity contribution in [1.29, 1.82) is 0 Å². The highest BCUT2D eigenvalue weighted by atomic mass is 32.2. The number of nitrogens with one attached hydrogen (secondary N) is 1. The topological polar surface area (TPSA) is 78.6 Å². The summed E-state index contributed by atoms with van der Waals surface area (Å²) in [6, 6.07) is 4.98. The van der Waals surface area contributed by atoms with Gasteiger partial charge in [-0.05, 0) is 43.7 Å². The van der Waals surface area contributed by atoms with Gasteiger partial charge in [-0.1, -0.05) is 6.92 Å². The van der Waals surface area contributed by atoms with Crippen LogP contribution in [0.3, 0.4) is 0 Å². The molecule has 0 aliphatic heterocycles. The molecule has 8 heteroatoms. The van der Waals surface area contributed by atoms with E-state index in [0.29, 0.717) is 36.1 Å². The molecule has 1 aliphatic carbocycles. The van der Waals surface area contributed by atoms with Gasteiger partial charge in [0.05, 0.1) is 0 Å². The summed E-state index contributed by atoms with van der Waals surface area (Å²) >= 11 is -1.89. The molecule has 1 atom stereocenters. The fourth-order valence-electron chi connectivity index (χ4n) is 3.22. The van der Waals surface area contributed by atoms with Crippen LogP contribution in [0.15, 0.2) is 22.6 Å². The number of hydrogen-bond acceptors (Lipinski definition) is 4. The standard InChI is InChI=1S/C16H22FN3O3S/c1-2-20(24(21)22)10-11-3-6-13(7-4-11)18-16-19-14-8-5-12(17)9-15(14)23-16/h5,8-9,11,13H,2-4,6-7,10H2,1H3,(H,18,19)(H,21,22). The molecule has 0 amide bonds. The molecule has 1 heterocycles. The predicted molar refractivity (Wildman–Crippen MR) is 91.4 cm³/mol. The van der Waals surface area contributed by atoms with Crippen LogP contribution in [0.25, 0.3) is 11.1 Å². The summed E-state index contributed by atoms with van der Waals surface area (Å²) in [5.74, 6) is 0.0873. The number of halogens is 1. The molecule has 2 N–H and O–H groups in total. The van der Waals surface area contributed by atoms with Gasteiger partial charge in [0.2, 0.25) is 11.3 Å². The molecule has 0 bridgehead atoms. The Balaban J connectivity index is 1.53. The van der Waals surface area contributed by atoms with Crippen molar-refractivity contribution in [3.63, 3.8) is 0 Å². The van der Waals surface area contributed by atoms with Crippen molar-refractivity contribution in [3.05, 3.63) is 24.0 Å². The van der Waals surface area contributed by atoms with Gasteiger partial charge in [0.1, 0.15) is 11.3 Å². The van der Waals surface area contributed by atoms with Crippen molar-refractivity contribution in [1.82, 2.24) is 9.29 Å². The highest BCUT2D eigenvalue weighted by molar-refractivity contribution is 7.76. The van der Waals surface area contributed by atoms with E-state index in [1.54, 1.807) is 10.4 Å². The van der Waals surface area contributed by atoms with E-state index in [1.807, 2.05) is 6.92 Å². The summed E-state index contributed by atoms with van der Waals surface area (Å²) in [6.07, 6.45) is 3.88. The Labute approximate surface area is 142 Å². The minimum atomic E-state index is -1.89. The van der Waals surface area contributed by atoms with Crippen molar-refractivity contribution in [2.75, 3.05) is 18.4 Å². The molecule has 1 aromatic heterocycles. The Bertz CT molecular complexity index is 716. The molecule has 2 aromatic rings. The number of fused-ring (bicyclic) bond motifs is 1. The van der Waals surface area contributed by atoms with Gasteiger partial charge in [-0.25, -0.2) is 12.9 Å². The second kappa shape index (κ2) is 7.58. The Morgan fingerprint density at radius 2 is 2.17 bits per heavy atom. The van der Waals surface area contributed by atoms with E-state index >= 15 is 0 Å². The lowest BCUT2D eigenvalue weighted by Gasteiger charge is -2.30. The molecular weight excluding hydrogens is 333 g/mol. The third-order valence-corrected chi connectivity index (χ3v) is 5.41. The second-order valence-electron chi connectivity index (χ2n) is 6.20. The van der Waals surface area contributed by atoms with Crippen molar-refractivity contribution in [2.45, 2.75) is 38.6 Å². The van der Waals surface area contributed by atoms with E-state index in [-0.39, 0.29) is 11.9 Å². The summed E-state index contributed by atoms with van der Waals surface area (Å²) in [5, 5.41) is 3.28. The first-order chi connectivity index (χ1) is 11.5. The first-order valence-corrected chi connectivity index (χ1v) is 9.30. The van der Waals surface area contributed by atoms with E-state index in [2.05, 4.69) is 10.3 Å². The van der Waals surface area contributed by atoms with E-state index in [0.717, 1.165) is 25.7 Å². The maximum Gasteiger partial charge on any atom is 0.295 e. The third kappa shape index (κ3) is 4.12. The Kier molecular flexibility index (Phi) is 5.47. The van der Waals surface area contributed by atoms with Gasteiger partial charge >= 0.3 is 0 Å². The van der Waals surface area contributed by atoms with Crippen molar-refractivity contribution in [2.24, 2.45) is 5.92 Å². The van der Waals surface area contributed by atoms with Gasteiger partial charge in [0.15, 0.2) is 5.58 Å². The highest BCUT2D eigenvalue weighted by Gasteiger charge is 2.25. The molecular formula is C16H22FN3O3S. The molecule has 1 fully saturated rings. The maximum absolute atomic E-state index is 13.2. The summed E-state index contributed by atoms with van der Waals surface area (Å²) in [4.78, 5) is 4.33. The fraction of sp³-hybridized carbons (Fsp3) is 0.562. The first kappa shape index (κ1) is 17.3. The lowest BCUT2D eigenvalue weighted by atomic mass is 9.86. The van der Waals surface area contributed by atoms with Crippen LogP contribution in [-0.2, 0) is 11.3 Å². The Morgan fingerprint density at radius 1 is 1.42 bits per heavy atom. The summed E-state index contributed by atoms with van der Waals surface area (Å²) in [7, 11) is 0. The van der Waals surface area contributed by atoms with Gasteiger partial charge in [-0.3, -0.25) is 4.55 Å². The van der Waals surface area contributed by atoms with Crippen molar-refractivity contribution in [3.8, 4) is 0 Å². The lowest BCUT2D eigenvalue weighted by molar-refractivity contribution is 0.271. The number of rotatable bonds is 6. The number of anilines is 1. The van der Waals surface area contributed by atoms with E-state index in [4.69, 9.17) is 4.42 Å². The van der Waals surface area contributed by atoms with Crippen molar-refractivity contribution < 1.29 is 17.6 Å². The fourth-order valence-corrected chi connectivity index (χ4v) is 3.77. The van der Waals surface area contributed by atoms with Crippen LogP contribution in [0.1, 0.15) is 32.6 Å². The van der Waals surface area contributed by atoms with Crippen LogP contribution in [0.4, 0.5) is 10.4 Å². The van der Waals surface area contributed by atoms with Gasteiger partial charge in [-0.2, -0.15) is 4.98 Å². The van der Waals surface area contributed by atoms with Crippen LogP contribution in [0.5, 0.6) is 0 Å². The molecule has 3 rings (SSSR count). The number of hydrogen-bond donors (Lipinski definition) is 2. The quantitative estimate of drug-likeness (QED) is 0.777. The summed E-state index contributed by atoms with van der Waals surface area (Å²) < 4.78 is 40.7. The van der Waals surface area contributed by atoms with E-state index < -0.39 is 11.3 Å². The highest BCUT2D eigenvalue weighted by Crippen LogP contribution is 2.28. The normalized spacial score (nSPS) is 22.8. The second-order valence-corrected chi connectivity index (χ2v) is 7.18. The number of aromatic nitrogens is 1. The predicted octanol–water partition coefficient (Wildman–Crippen LogP) is 3.40. The SMILES string of the molecule is CCN(CC1CCC(Nc2nc3ccc(F)cc3o2)CC1)S(=O)O. The molecule has 6 nitrogen and oxygen atoms in total. The molecule has 0 spiro atoms. The summed E-state index contributed by atoms with van der Waals surface area (Å²) in [6.45, 7) is 3.10. The van der Waals surface area contributed by atoms with E-state index in [9.17, 15) is 13.2 Å². The minimum Gasteiger partial charge on any atom is -0.423 e. The van der Waals surface area contributed by atoms with E-state index in [1.165, 1.54) is 12.1 Å². The first-order valence-electron chi connectivity index (χ1n) is 8.23. The van der Waals surface area contributed by atoms with Crippen LogP contribution in [-0.4, -0.2) is 37.2 Å². The zero-order valence-corrected chi connectivity index (χ0v) is 14.4. The molecule has 1 aliphatic rings. The van der Waals surface area contributed by atoms with Crippen molar-refractivity contribution >= 4 is 28.4 Å². The van der Waals surface area contributed by atoms with Gasteiger partial charge in [-0.15, -0.1) is 0 Å². The summed E-state index contributed by atoms with van der Waals surface area (Å²) in [5.41, 5.74) is 1.08. The Morgan fingerprint density at radius 3 is 2.83 bits per heavy atom. The van der Waals surface area contributed by atoms with Crippen LogP contribution < -0.4 is 5.32 Å². The molecule has 132 valence electrons. The zero-order valence-electron chi connectivity index (χ0n) is 13.6. The molecule has 1 unspecified atom stereocenters. The largest absolute Gasteiger partial charge is 0.423 e. The zero-order chi connectivity index (χ0) is 17.1. The monoisotopic (exact) mass is 355 g/mol. The van der Waals surface area contributed by atoms with Gasteiger partial charge in [0.25, 0.3) is 6.01 Å². The molecule has 1 aromatic carbocycles. The van der Waals surface area contributed by atoms with Crippen LogP contribution in [0, 0.1) is 11.7 Å². The number of benzene rings is 1. The smallest absolute Gasteiger partial charge is 0.295 e.